The van der Waals surface area contributed by atoms with E-state index < -0.39 is 16.1 Å². The normalized spacial score (nSPS) is 15.7. The Kier molecular flexibility index (Phi) is 8.15. The van der Waals surface area contributed by atoms with Crippen molar-refractivity contribution >= 4 is 15.9 Å². The second kappa shape index (κ2) is 10.8. The van der Waals surface area contributed by atoms with Gasteiger partial charge in [-0.05, 0) is 81.1 Å². The van der Waals surface area contributed by atoms with E-state index >= 15 is 0 Å². The first-order valence-electron chi connectivity index (χ1n) is 11.0. The lowest BCUT2D eigenvalue weighted by Crippen LogP contribution is -2.38. The van der Waals surface area contributed by atoms with Crippen LogP contribution in [0, 0.1) is 13.8 Å². The predicted octanol–water partition coefficient (Wildman–Crippen LogP) is 3.44. The molecule has 0 bridgehead atoms. The number of ether oxygens (including phenoxy) is 2. The summed E-state index contributed by atoms with van der Waals surface area (Å²) in [6.07, 6.45) is 2.25. The number of rotatable bonds is 9. The van der Waals surface area contributed by atoms with Crippen LogP contribution in [0.1, 0.15) is 37.3 Å². The number of hydrogen-bond donors (Lipinski definition) is 1. The molecule has 174 valence electrons. The summed E-state index contributed by atoms with van der Waals surface area (Å²) in [5, 5.41) is 2.79. The number of benzene rings is 2. The van der Waals surface area contributed by atoms with Crippen molar-refractivity contribution in [3.8, 4) is 11.5 Å². The van der Waals surface area contributed by atoms with Gasteiger partial charge in [-0.15, -0.1) is 0 Å². The second-order valence-corrected chi connectivity index (χ2v) is 10.1. The Balaban J connectivity index is 1.43. The van der Waals surface area contributed by atoms with Crippen LogP contribution in [-0.4, -0.2) is 51.0 Å². The van der Waals surface area contributed by atoms with Gasteiger partial charge in [0.2, 0.25) is 10.0 Å². The van der Waals surface area contributed by atoms with Crippen LogP contribution >= 0.6 is 0 Å². The van der Waals surface area contributed by atoms with Crippen molar-refractivity contribution in [2.45, 2.75) is 51.0 Å². The molecule has 2 aromatic rings. The third-order valence-electron chi connectivity index (χ3n) is 5.32. The van der Waals surface area contributed by atoms with Gasteiger partial charge in [-0.3, -0.25) is 4.79 Å². The van der Waals surface area contributed by atoms with Crippen LogP contribution in [0.4, 0.5) is 0 Å². The van der Waals surface area contributed by atoms with Gasteiger partial charge in [0, 0.05) is 13.1 Å². The fourth-order valence-electron chi connectivity index (χ4n) is 3.71. The number of carbonyl (C=O) groups is 1. The van der Waals surface area contributed by atoms with Crippen molar-refractivity contribution in [3.05, 3.63) is 53.6 Å². The zero-order valence-electron chi connectivity index (χ0n) is 19.0. The molecule has 3 rings (SSSR count). The molecular weight excluding hydrogens is 428 g/mol. The van der Waals surface area contributed by atoms with Gasteiger partial charge in [0.1, 0.15) is 18.1 Å². The van der Waals surface area contributed by atoms with E-state index in [0.717, 1.165) is 30.4 Å². The lowest BCUT2D eigenvalue weighted by Gasteiger charge is -2.25. The van der Waals surface area contributed by atoms with Crippen molar-refractivity contribution in [2.75, 3.05) is 26.2 Å². The lowest BCUT2D eigenvalue weighted by atomic mass is 10.1. The average molecular weight is 461 g/mol. The van der Waals surface area contributed by atoms with E-state index in [9.17, 15) is 13.2 Å². The molecule has 1 saturated heterocycles. The van der Waals surface area contributed by atoms with Crippen LogP contribution in [0.15, 0.2) is 47.4 Å². The maximum absolute atomic E-state index is 12.7. The van der Waals surface area contributed by atoms with E-state index in [1.165, 1.54) is 0 Å². The van der Waals surface area contributed by atoms with Gasteiger partial charge in [-0.1, -0.05) is 12.5 Å². The van der Waals surface area contributed by atoms with E-state index in [1.807, 2.05) is 32.0 Å². The van der Waals surface area contributed by atoms with E-state index in [-0.39, 0.29) is 17.4 Å². The number of carbonyl (C=O) groups excluding carboxylic acids is 1. The Morgan fingerprint density at radius 3 is 2.25 bits per heavy atom. The molecule has 1 atom stereocenters. The molecule has 1 fully saturated rings. The highest BCUT2D eigenvalue weighted by atomic mass is 32.2. The molecule has 0 unspecified atom stereocenters. The van der Waals surface area contributed by atoms with Crippen LogP contribution in [0.25, 0.3) is 0 Å². The number of nitrogens with one attached hydrogen (secondary N) is 1. The van der Waals surface area contributed by atoms with E-state index in [2.05, 4.69) is 5.32 Å². The smallest absolute Gasteiger partial charge is 0.260 e. The first-order valence-corrected chi connectivity index (χ1v) is 12.5. The molecule has 1 N–H and O–H groups in total. The summed E-state index contributed by atoms with van der Waals surface area (Å²) in [6, 6.07) is 12.3. The highest BCUT2D eigenvalue weighted by Gasteiger charge is 2.25. The Hall–Kier alpha value is -2.58. The number of sulfonamides is 1. The minimum absolute atomic E-state index is 0.226. The summed E-state index contributed by atoms with van der Waals surface area (Å²) >= 11 is 0. The van der Waals surface area contributed by atoms with E-state index in [4.69, 9.17) is 9.47 Å². The van der Waals surface area contributed by atoms with Crippen LogP contribution in [0.5, 0.6) is 11.5 Å². The molecule has 0 radical (unpaired) electrons. The Morgan fingerprint density at radius 1 is 1.00 bits per heavy atom. The van der Waals surface area contributed by atoms with Crippen LogP contribution in [0.2, 0.25) is 0 Å². The summed E-state index contributed by atoms with van der Waals surface area (Å²) in [7, 11) is -3.45. The molecule has 0 spiro atoms. The topological polar surface area (TPSA) is 84.9 Å². The number of aryl methyl sites for hydroxylation is 2. The van der Waals surface area contributed by atoms with Gasteiger partial charge in [0.05, 0.1) is 11.4 Å². The average Bonchev–Trinajstić information content (AvgIpc) is 2.76. The fourth-order valence-corrected chi connectivity index (χ4v) is 5.22. The molecule has 1 aliphatic rings. The van der Waals surface area contributed by atoms with Crippen molar-refractivity contribution in [2.24, 2.45) is 0 Å². The third-order valence-corrected chi connectivity index (χ3v) is 7.24. The maximum Gasteiger partial charge on any atom is 0.260 e. The summed E-state index contributed by atoms with van der Waals surface area (Å²) in [5.74, 6) is 0.994. The molecule has 0 aromatic heterocycles. The zero-order chi connectivity index (χ0) is 23.1. The highest BCUT2D eigenvalue weighted by molar-refractivity contribution is 7.89. The van der Waals surface area contributed by atoms with Crippen molar-refractivity contribution in [3.63, 3.8) is 0 Å². The first-order chi connectivity index (χ1) is 15.3. The molecule has 0 saturated carbocycles. The molecule has 0 aliphatic carbocycles. The fraction of sp³-hybridized carbons (Fsp3) is 0.458. The van der Waals surface area contributed by atoms with Crippen LogP contribution < -0.4 is 14.8 Å². The molecule has 1 heterocycles. The van der Waals surface area contributed by atoms with Crippen LogP contribution in [0.3, 0.4) is 0 Å². The van der Waals surface area contributed by atoms with Crippen molar-refractivity contribution < 1.29 is 22.7 Å². The Labute approximate surface area is 190 Å². The number of nitrogens with zero attached hydrogens (tertiary/aromatic N) is 1. The summed E-state index contributed by atoms with van der Waals surface area (Å²) in [5.41, 5.74) is 2.16. The molecule has 2 aromatic carbocycles. The quantitative estimate of drug-likeness (QED) is 0.580. The third kappa shape index (κ3) is 6.46. The zero-order valence-corrected chi connectivity index (χ0v) is 19.8. The molecule has 1 amide bonds. The van der Waals surface area contributed by atoms with Crippen molar-refractivity contribution in [1.29, 1.82) is 0 Å². The Morgan fingerprint density at radius 2 is 1.62 bits per heavy atom. The Bertz CT molecular complexity index is 995. The molecular formula is C24H32N2O5S. The van der Waals surface area contributed by atoms with E-state index in [0.29, 0.717) is 31.1 Å². The van der Waals surface area contributed by atoms with E-state index in [1.54, 1.807) is 35.5 Å². The second-order valence-electron chi connectivity index (χ2n) is 8.16. The van der Waals surface area contributed by atoms with Gasteiger partial charge in [-0.2, -0.15) is 4.31 Å². The summed E-state index contributed by atoms with van der Waals surface area (Å²) < 4.78 is 38.3. The predicted molar refractivity (Wildman–Crippen MR) is 124 cm³/mol. The number of amides is 1. The van der Waals surface area contributed by atoms with Gasteiger partial charge < -0.3 is 14.8 Å². The molecule has 1 aliphatic heterocycles. The summed E-state index contributed by atoms with van der Waals surface area (Å²) in [4.78, 5) is 12.5. The highest BCUT2D eigenvalue weighted by Crippen LogP contribution is 2.22. The van der Waals surface area contributed by atoms with Crippen molar-refractivity contribution in [1.82, 2.24) is 9.62 Å². The molecule has 8 heteroatoms. The van der Waals surface area contributed by atoms with Gasteiger partial charge >= 0.3 is 0 Å². The minimum Gasteiger partial charge on any atom is -0.492 e. The molecule has 32 heavy (non-hydrogen) atoms. The number of piperidine rings is 1. The SMILES string of the molecule is Cc1cc(C)cc(O[C@H](C)C(=O)NCCOc2ccc(S(=O)(=O)N3CCCCC3)cc2)c1. The van der Waals surface area contributed by atoms with Gasteiger partial charge in [0.15, 0.2) is 6.10 Å². The maximum atomic E-state index is 12.7. The van der Waals surface area contributed by atoms with Gasteiger partial charge in [-0.25, -0.2) is 8.42 Å². The van der Waals surface area contributed by atoms with Gasteiger partial charge in [0.25, 0.3) is 5.91 Å². The number of hydrogen-bond acceptors (Lipinski definition) is 5. The lowest BCUT2D eigenvalue weighted by molar-refractivity contribution is -0.127. The first kappa shape index (κ1) is 24.1. The van der Waals surface area contributed by atoms with Crippen LogP contribution in [-0.2, 0) is 14.8 Å². The monoisotopic (exact) mass is 460 g/mol. The standard InChI is InChI=1S/C24H32N2O5S/c1-18-15-19(2)17-22(16-18)31-20(3)24(27)25-11-14-30-21-7-9-23(10-8-21)32(28,29)26-12-5-4-6-13-26/h7-10,15-17,20H,4-6,11-14H2,1-3H3,(H,25,27)/t20-/m1/s1. The molecule has 7 nitrogen and oxygen atoms in total. The minimum atomic E-state index is -3.45. The largest absolute Gasteiger partial charge is 0.492 e. The summed E-state index contributed by atoms with van der Waals surface area (Å²) in [6.45, 7) is 7.40.